The van der Waals surface area contributed by atoms with E-state index >= 15 is 0 Å². The predicted molar refractivity (Wildman–Crippen MR) is 127 cm³/mol. The Balaban J connectivity index is 0.00000300. The first-order chi connectivity index (χ1) is 13.6. The van der Waals surface area contributed by atoms with E-state index in [1.54, 1.807) is 19.0 Å². The van der Waals surface area contributed by atoms with Gasteiger partial charge in [0.1, 0.15) is 6.54 Å². The van der Waals surface area contributed by atoms with E-state index in [0.29, 0.717) is 6.04 Å². The van der Waals surface area contributed by atoms with Gasteiger partial charge in [-0.15, -0.1) is 24.0 Å². The van der Waals surface area contributed by atoms with Crippen molar-refractivity contribution in [1.29, 1.82) is 0 Å². The van der Waals surface area contributed by atoms with Crippen LogP contribution in [0.2, 0.25) is 0 Å². The van der Waals surface area contributed by atoms with Crippen LogP contribution < -0.4 is 5.32 Å². The van der Waals surface area contributed by atoms with Crippen LogP contribution in [0.1, 0.15) is 25.7 Å². The van der Waals surface area contributed by atoms with Crippen molar-refractivity contribution in [3.63, 3.8) is 0 Å². The number of hydrogen-bond donors (Lipinski definition) is 1. The maximum Gasteiger partial charge on any atom is 0.243 e. The minimum atomic E-state index is 0. The van der Waals surface area contributed by atoms with Crippen LogP contribution in [0.25, 0.3) is 0 Å². The number of ether oxygens (including phenoxy) is 1. The largest absolute Gasteiger partial charge is 0.379 e. The van der Waals surface area contributed by atoms with Crippen LogP contribution in [0.15, 0.2) is 4.99 Å². The van der Waals surface area contributed by atoms with Gasteiger partial charge in [0, 0.05) is 52.9 Å². The summed E-state index contributed by atoms with van der Waals surface area (Å²) < 4.78 is 5.41. The highest BCUT2D eigenvalue weighted by Crippen LogP contribution is 2.20. The number of rotatable bonds is 7. The summed E-state index contributed by atoms with van der Waals surface area (Å²) in [6.45, 7) is 10.4. The number of aliphatic imine (C=N–C) groups is 1. The molecule has 3 rings (SSSR count). The third-order valence-electron chi connectivity index (χ3n) is 6.02. The summed E-state index contributed by atoms with van der Waals surface area (Å²) in [7, 11) is 3.57. The number of carbonyl (C=O) groups is 1. The van der Waals surface area contributed by atoms with Crippen molar-refractivity contribution in [3.8, 4) is 0 Å². The summed E-state index contributed by atoms with van der Waals surface area (Å²) in [6, 6.07) is 0.632. The number of morpholine rings is 1. The molecule has 168 valence electrons. The molecule has 9 heteroatoms. The molecular weight excluding hydrogens is 483 g/mol. The third kappa shape index (κ3) is 7.84. The fourth-order valence-corrected chi connectivity index (χ4v) is 4.22. The van der Waals surface area contributed by atoms with Crippen LogP contribution in [-0.2, 0) is 9.53 Å². The number of carbonyl (C=O) groups excluding carboxylic acids is 1. The molecule has 0 radical (unpaired) electrons. The van der Waals surface area contributed by atoms with E-state index in [9.17, 15) is 4.79 Å². The highest BCUT2D eigenvalue weighted by atomic mass is 127. The molecule has 3 fully saturated rings. The average Bonchev–Trinajstić information content (AvgIpc) is 3.39. The standard InChI is InChI=1S/C20H38N6O2.HI/c1-23(2)19(27)16-22-20(21-7-5-8-24-12-14-28-15-13-24)26-11-6-18(17-26)25-9-3-4-10-25;/h18H,3-17H2,1-2H3,(H,21,22);1H. The summed E-state index contributed by atoms with van der Waals surface area (Å²) in [5, 5.41) is 3.54. The first kappa shape index (κ1) is 24.6. The summed E-state index contributed by atoms with van der Waals surface area (Å²) in [4.78, 5) is 25.7. The van der Waals surface area contributed by atoms with Gasteiger partial charge in [0.05, 0.1) is 13.2 Å². The van der Waals surface area contributed by atoms with Gasteiger partial charge in [-0.1, -0.05) is 0 Å². The molecule has 29 heavy (non-hydrogen) atoms. The van der Waals surface area contributed by atoms with Crippen molar-refractivity contribution >= 4 is 35.8 Å². The molecule has 0 aliphatic carbocycles. The maximum atomic E-state index is 12.0. The van der Waals surface area contributed by atoms with E-state index in [-0.39, 0.29) is 36.4 Å². The SMILES string of the molecule is CN(C)C(=O)CN=C(NCCCN1CCOCC1)N1CCC(N2CCCC2)C1.I. The lowest BCUT2D eigenvalue weighted by molar-refractivity contribution is -0.127. The Morgan fingerprint density at radius 3 is 2.55 bits per heavy atom. The molecule has 0 aromatic heterocycles. The number of likely N-dealkylation sites (tertiary alicyclic amines) is 2. The monoisotopic (exact) mass is 522 g/mol. The van der Waals surface area contributed by atoms with Crippen LogP contribution in [0.5, 0.6) is 0 Å². The van der Waals surface area contributed by atoms with Gasteiger partial charge in [0.25, 0.3) is 0 Å². The lowest BCUT2D eigenvalue weighted by Crippen LogP contribution is -2.44. The molecule has 1 atom stereocenters. The molecule has 3 aliphatic heterocycles. The average molecular weight is 522 g/mol. The molecule has 0 spiro atoms. The fourth-order valence-electron chi connectivity index (χ4n) is 4.22. The number of guanidine groups is 1. The van der Waals surface area contributed by atoms with Gasteiger partial charge in [0.2, 0.25) is 5.91 Å². The minimum absolute atomic E-state index is 0. The second kappa shape index (κ2) is 12.9. The zero-order valence-corrected chi connectivity index (χ0v) is 20.5. The summed E-state index contributed by atoms with van der Waals surface area (Å²) in [5.74, 6) is 0.946. The number of nitrogens with one attached hydrogen (secondary N) is 1. The van der Waals surface area contributed by atoms with E-state index in [2.05, 4.69) is 25.0 Å². The molecule has 0 aromatic carbocycles. The van der Waals surface area contributed by atoms with Gasteiger partial charge in [-0.25, -0.2) is 4.99 Å². The molecule has 0 saturated carbocycles. The van der Waals surface area contributed by atoms with Gasteiger partial charge in [-0.2, -0.15) is 0 Å². The van der Waals surface area contributed by atoms with Crippen LogP contribution in [0, 0.1) is 0 Å². The van der Waals surface area contributed by atoms with Crippen LogP contribution in [0.3, 0.4) is 0 Å². The molecule has 3 aliphatic rings. The van der Waals surface area contributed by atoms with Crippen LogP contribution in [-0.4, -0.2) is 124 Å². The Morgan fingerprint density at radius 2 is 1.86 bits per heavy atom. The van der Waals surface area contributed by atoms with E-state index in [1.165, 1.54) is 32.4 Å². The second-order valence-corrected chi connectivity index (χ2v) is 8.29. The smallest absolute Gasteiger partial charge is 0.243 e. The quantitative estimate of drug-likeness (QED) is 0.228. The first-order valence-corrected chi connectivity index (χ1v) is 10.9. The van der Waals surface area contributed by atoms with Gasteiger partial charge in [0.15, 0.2) is 5.96 Å². The van der Waals surface area contributed by atoms with E-state index < -0.39 is 0 Å². The molecule has 3 heterocycles. The zero-order valence-electron chi connectivity index (χ0n) is 18.1. The first-order valence-electron chi connectivity index (χ1n) is 10.9. The molecular formula is C20H39IN6O2. The van der Waals surface area contributed by atoms with Crippen molar-refractivity contribution in [1.82, 2.24) is 24.9 Å². The Labute approximate surface area is 193 Å². The molecule has 0 aromatic rings. The molecule has 1 amide bonds. The second-order valence-electron chi connectivity index (χ2n) is 8.29. The molecule has 0 bridgehead atoms. The normalized spacial score (nSPS) is 23.9. The predicted octanol–water partition coefficient (Wildman–Crippen LogP) is 0.531. The highest BCUT2D eigenvalue weighted by Gasteiger charge is 2.30. The van der Waals surface area contributed by atoms with Crippen molar-refractivity contribution in [3.05, 3.63) is 0 Å². The molecule has 3 saturated heterocycles. The topological polar surface area (TPSA) is 63.7 Å². The van der Waals surface area contributed by atoms with Gasteiger partial charge in [-0.05, 0) is 45.3 Å². The lowest BCUT2D eigenvalue weighted by Gasteiger charge is -2.27. The van der Waals surface area contributed by atoms with Crippen molar-refractivity contribution in [2.45, 2.75) is 31.7 Å². The van der Waals surface area contributed by atoms with E-state index in [4.69, 9.17) is 4.74 Å². The van der Waals surface area contributed by atoms with Crippen molar-refractivity contribution in [2.24, 2.45) is 4.99 Å². The molecule has 1 N–H and O–H groups in total. The van der Waals surface area contributed by atoms with Gasteiger partial charge in [-0.3, -0.25) is 14.6 Å². The number of hydrogen-bond acceptors (Lipinski definition) is 5. The zero-order chi connectivity index (χ0) is 19.8. The highest BCUT2D eigenvalue weighted by molar-refractivity contribution is 14.0. The number of nitrogens with zero attached hydrogens (tertiary/aromatic N) is 5. The Bertz CT molecular complexity index is 521. The molecule has 1 unspecified atom stereocenters. The van der Waals surface area contributed by atoms with Crippen molar-refractivity contribution in [2.75, 3.05) is 86.2 Å². The fraction of sp³-hybridized carbons (Fsp3) is 0.900. The van der Waals surface area contributed by atoms with Gasteiger partial charge < -0.3 is 19.9 Å². The van der Waals surface area contributed by atoms with E-state index in [0.717, 1.165) is 64.9 Å². The van der Waals surface area contributed by atoms with E-state index in [1.807, 2.05) is 0 Å². The van der Waals surface area contributed by atoms with Crippen molar-refractivity contribution < 1.29 is 9.53 Å². The Morgan fingerprint density at radius 1 is 1.14 bits per heavy atom. The third-order valence-corrected chi connectivity index (χ3v) is 6.02. The Hall–Kier alpha value is -0.650. The lowest BCUT2D eigenvalue weighted by atomic mass is 10.2. The molecule has 8 nitrogen and oxygen atoms in total. The van der Waals surface area contributed by atoms with Gasteiger partial charge >= 0.3 is 0 Å². The Kier molecular flexibility index (Phi) is 11.0. The number of likely N-dealkylation sites (N-methyl/N-ethyl adjacent to an activating group) is 1. The summed E-state index contributed by atoms with van der Waals surface area (Å²) >= 11 is 0. The van der Waals surface area contributed by atoms with Crippen LogP contribution in [0.4, 0.5) is 0 Å². The van der Waals surface area contributed by atoms with Crippen LogP contribution >= 0.6 is 24.0 Å². The maximum absolute atomic E-state index is 12.0. The number of amides is 1. The minimum Gasteiger partial charge on any atom is -0.379 e. The summed E-state index contributed by atoms with van der Waals surface area (Å²) in [6.07, 6.45) is 4.92. The number of halogens is 1. The summed E-state index contributed by atoms with van der Waals surface area (Å²) in [5.41, 5.74) is 0.